The molecule has 4 rings (SSSR count). The van der Waals surface area contributed by atoms with Crippen LogP contribution in [0.3, 0.4) is 0 Å². The van der Waals surface area contributed by atoms with Crippen LogP contribution < -0.4 is 14.4 Å². The lowest BCUT2D eigenvalue weighted by atomic mass is 10.0. The van der Waals surface area contributed by atoms with Gasteiger partial charge in [-0.15, -0.1) is 0 Å². The highest BCUT2D eigenvalue weighted by atomic mass is 35.5. The van der Waals surface area contributed by atoms with Crippen molar-refractivity contribution in [1.82, 2.24) is 4.98 Å². The zero-order chi connectivity index (χ0) is 28.1. The number of Topliss-reactive ketones (excluding diaryl/α,β-unsaturated/α-hetero) is 1. The van der Waals surface area contributed by atoms with Gasteiger partial charge in [-0.1, -0.05) is 29.3 Å². The Hall–Kier alpha value is -3.43. The summed E-state index contributed by atoms with van der Waals surface area (Å²) >= 11 is 12.6. The molecule has 2 aromatic carbocycles. The number of halogens is 4. The van der Waals surface area contributed by atoms with Gasteiger partial charge in [-0.2, -0.15) is 8.78 Å². The molecule has 1 aromatic heterocycles. The zero-order valence-electron chi connectivity index (χ0n) is 21.2. The number of aromatic nitrogens is 1. The average molecular weight is 579 g/mol. The van der Waals surface area contributed by atoms with E-state index in [1.54, 1.807) is 12.1 Å². The van der Waals surface area contributed by atoms with Crippen molar-refractivity contribution in [2.45, 2.75) is 32.0 Å². The van der Waals surface area contributed by atoms with Crippen LogP contribution in [0.2, 0.25) is 10.0 Å². The van der Waals surface area contributed by atoms with Crippen LogP contribution in [0.5, 0.6) is 11.5 Å². The van der Waals surface area contributed by atoms with Crippen molar-refractivity contribution < 1.29 is 32.6 Å². The van der Waals surface area contributed by atoms with Crippen molar-refractivity contribution in [2.24, 2.45) is 5.92 Å². The molecule has 0 aliphatic heterocycles. The van der Waals surface area contributed by atoms with E-state index in [4.69, 9.17) is 32.7 Å². The summed E-state index contributed by atoms with van der Waals surface area (Å²) in [6, 6.07) is 10.7. The minimum Gasteiger partial charge on any atom is -0.489 e. The molecule has 1 aliphatic carbocycles. The predicted molar refractivity (Wildman–Crippen MR) is 143 cm³/mol. The molecule has 0 spiro atoms. The fraction of sp³-hybridized carbons (Fsp3) is 0.321. The van der Waals surface area contributed by atoms with Gasteiger partial charge in [-0.25, -0.2) is 4.79 Å². The topological polar surface area (TPSA) is 78.0 Å². The number of nitrogens with zero attached hydrogens (tertiary/aromatic N) is 2. The van der Waals surface area contributed by atoms with Gasteiger partial charge < -0.3 is 19.1 Å². The van der Waals surface area contributed by atoms with Crippen molar-refractivity contribution in [3.63, 3.8) is 0 Å². The molecule has 0 unspecified atom stereocenters. The molecule has 1 fully saturated rings. The van der Waals surface area contributed by atoms with Crippen LogP contribution in [0.15, 0.2) is 54.9 Å². The Labute approximate surface area is 234 Å². The quantitative estimate of drug-likeness (QED) is 0.137. The molecule has 1 saturated carbocycles. The second-order valence-corrected chi connectivity index (χ2v) is 10.1. The lowest BCUT2D eigenvalue weighted by Crippen LogP contribution is -2.22. The number of pyridine rings is 1. The van der Waals surface area contributed by atoms with Gasteiger partial charge >= 0.3 is 12.6 Å². The second kappa shape index (κ2) is 12.6. The second-order valence-electron chi connectivity index (χ2n) is 9.29. The van der Waals surface area contributed by atoms with Crippen LogP contribution in [0.1, 0.15) is 40.4 Å². The van der Waals surface area contributed by atoms with Crippen molar-refractivity contribution in [1.29, 1.82) is 0 Å². The van der Waals surface area contributed by atoms with Crippen LogP contribution in [-0.2, 0) is 16.0 Å². The number of hydrogen-bond donors (Lipinski definition) is 0. The molecule has 1 aliphatic rings. The lowest BCUT2D eigenvalue weighted by Gasteiger charge is -2.21. The first-order valence-corrected chi connectivity index (χ1v) is 12.9. The smallest absolute Gasteiger partial charge is 0.387 e. The molecule has 0 saturated heterocycles. The molecule has 3 aromatic rings. The minimum absolute atomic E-state index is 0.0180. The summed E-state index contributed by atoms with van der Waals surface area (Å²) < 4.78 is 42.1. The van der Waals surface area contributed by atoms with Crippen molar-refractivity contribution in [3.8, 4) is 11.5 Å². The average Bonchev–Trinajstić information content (AvgIpc) is 3.73. The predicted octanol–water partition coefficient (Wildman–Crippen LogP) is 6.55. The highest BCUT2D eigenvalue weighted by Gasteiger charge is 2.28. The number of esters is 1. The number of ether oxygens (including phenoxy) is 3. The van der Waals surface area contributed by atoms with Crippen LogP contribution >= 0.6 is 23.2 Å². The summed E-state index contributed by atoms with van der Waals surface area (Å²) in [4.78, 5) is 31.7. The molecule has 11 heteroatoms. The van der Waals surface area contributed by atoms with E-state index in [0.29, 0.717) is 23.7 Å². The van der Waals surface area contributed by atoms with Gasteiger partial charge in [0, 0.05) is 44.2 Å². The molecule has 7 nitrogen and oxygen atoms in total. The van der Waals surface area contributed by atoms with Gasteiger partial charge in [0.1, 0.15) is 6.10 Å². The molecule has 1 atom stereocenters. The third kappa shape index (κ3) is 7.58. The number of ketones is 1. The Balaban J connectivity index is 1.64. The van der Waals surface area contributed by atoms with E-state index < -0.39 is 24.5 Å². The summed E-state index contributed by atoms with van der Waals surface area (Å²) in [5, 5.41) is 0.467. The van der Waals surface area contributed by atoms with Crippen LogP contribution in [0, 0.1) is 5.92 Å². The van der Waals surface area contributed by atoms with E-state index in [1.807, 2.05) is 19.0 Å². The molecule has 0 bridgehead atoms. The normalized spacial score (nSPS) is 13.6. The third-order valence-corrected chi connectivity index (χ3v) is 6.80. The summed E-state index contributed by atoms with van der Waals surface area (Å²) in [7, 11) is 3.70. The highest BCUT2D eigenvalue weighted by molar-refractivity contribution is 6.40. The zero-order valence-corrected chi connectivity index (χ0v) is 22.7. The summed E-state index contributed by atoms with van der Waals surface area (Å²) in [5.41, 5.74) is 1.81. The Morgan fingerprint density at radius 1 is 1.03 bits per heavy atom. The first kappa shape index (κ1) is 28.6. The molecule has 39 heavy (non-hydrogen) atoms. The number of benzene rings is 2. The maximum atomic E-state index is 13.0. The molecule has 0 radical (unpaired) electrons. The Morgan fingerprint density at radius 2 is 1.69 bits per heavy atom. The van der Waals surface area contributed by atoms with Crippen LogP contribution in [0.25, 0.3) is 0 Å². The van der Waals surface area contributed by atoms with Gasteiger partial charge in [0.25, 0.3) is 5.78 Å². The van der Waals surface area contributed by atoms with E-state index in [0.717, 1.165) is 18.5 Å². The number of alkyl halides is 2. The first-order valence-electron chi connectivity index (χ1n) is 12.1. The van der Waals surface area contributed by atoms with Gasteiger partial charge in [-0.05, 0) is 66.3 Å². The van der Waals surface area contributed by atoms with Gasteiger partial charge in [0.2, 0.25) is 0 Å². The SMILES string of the molecule is CN(C)c1ccc(C(=O)C(=O)O[C@@H](Cc2c(Cl)cncc2Cl)c2ccc(OC(F)F)c(OCC3CC3)c2)cc1. The fourth-order valence-corrected chi connectivity index (χ4v) is 4.30. The molecule has 0 amide bonds. The van der Waals surface area contributed by atoms with E-state index in [-0.39, 0.29) is 33.5 Å². The first-order chi connectivity index (χ1) is 18.6. The van der Waals surface area contributed by atoms with E-state index >= 15 is 0 Å². The number of carbonyl (C=O) groups is 2. The van der Waals surface area contributed by atoms with Crippen molar-refractivity contribution in [3.05, 3.63) is 81.6 Å². The Bertz CT molecular complexity index is 1310. The molecule has 206 valence electrons. The number of carbonyl (C=O) groups excluding carboxylic acids is 2. The third-order valence-electron chi connectivity index (χ3n) is 6.15. The Kier molecular flexibility index (Phi) is 9.24. The van der Waals surface area contributed by atoms with Crippen molar-refractivity contribution in [2.75, 3.05) is 25.6 Å². The summed E-state index contributed by atoms with van der Waals surface area (Å²) in [6.45, 7) is -2.73. The minimum atomic E-state index is -3.06. The maximum Gasteiger partial charge on any atom is 0.387 e. The number of hydrogen-bond acceptors (Lipinski definition) is 7. The summed E-state index contributed by atoms with van der Waals surface area (Å²) in [5.74, 6) is -1.70. The molecular weight excluding hydrogens is 553 g/mol. The molecular formula is C28H26Cl2F2N2O5. The molecule has 0 N–H and O–H groups in total. The molecule has 1 heterocycles. The van der Waals surface area contributed by atoms with E-state index in [9.17, 15) is 18.4 Å². The van der Waals surface area contributed by atoms with Gasteiger partial charge in [-0.3, -0.25) is 9.78 Å². The maximum absolute atomic E-state index is 13.0. The van der Waals surface area contributed by atoms with Crippen molar-refractivity contribution >= 4 is 40.6 Å². The fourth-order valence-electron chi connectivity index (χ4n) is 3.78. The van der Waals surface area contributed by atoms with Crippen LogP contribution in [0.4, 0.5) is 14.5 Å². The van der Waals surface area contributed by atoms with Gasteiger partial charge in [0.05, 0.1) is 16.7 Å². The lowest BCUT2D eigenvalue weighted by molar-refractivity contribution is -0.143. The Morgan fingerprint density at radius 3 is 2.28 bits per heavy atom. The van der Waals surface area contributed by atoms with Crippen LogP contribution in [-0.4, -0.2) is 44.1 Å². The van der Waals surface area contributed by atoms with E-state index in [2.05, 4.69) is 9.72 Å². The number of anilines is 1. The summed E-state index contributed by atoms with van der Waals surface area (Å²) in [6.07, 6.45) is 3.68. The monoisotopic (exact) mass is 578 g/mol. The number of rotatable bonds is 12. The van der Waals surface area contributed by atoms with E-state index in [1.165, 1.54) is 42.7 Å². The largest absolute Gasteiger partial charge is 0.489 e. The highest BCUT2D eigenvalue weighted by Crippen LogP contribution is 2.38. The van der Waals surface area contributed by atoms with Gasteiger partial charge in [0.15, 0.2) is 11.5 Å². The standard InChI is InChI=1S/C28H26Cl2F2N2O5/c1-34(2)19-8-5-17(6-9-19)26(35)27(36)38-24(12-20-21(29)13-33-14-22(20)30)18-7-10-23(39-28(31)32)25(11-18)37-15-16-3-4-16/h5-11,13-14,16,24,28H,3-4,12,15H2,1-2H3/t24-/m0/s1.